The maximum absolute atomic E-state index is 9.57. The number of nitrogens with one attached hydrogen (secondary N) is 1. The van der Waals surface area contributed by atoms with Gasteiger partial charge in [0, 0.05) is 20.3 Å². The van der Waals surface area contributed by atoms with Crippen LogP contribution in [0.25, 0.3) is 0 Å². The molecule has 0 aliphatic heterocycles. The van der Waals surface area contributed by atoms with Gasteiger partial charge in [-0.15, -0.1) is 0 Å². The highest BCUT2D eigenvalue weighted by atomic mass is 16.5. The normalized spacial score (nSPS) is 13.2. The molecule has 5 heteroatoms. The van der Waals surface area contributed by atoms with E-state index in [2.05, 4.69) is 5.32 Å². The minimum Gasteiger partial charge on any atom is -0.389 e. The first-order valence-electron chi connectivity index (χ1n) is 6.74. The summed E-state index contributed by atoms with van der Waals surface area (Å²) >= 11 is 0. The van der Waals surface area contributed by atoms with Crippen molar-refractivity contribution in [1.82, 2.24) is 5.32 Å². The Bertz CT molecular complexity index is 167. The Morgan fingerprint density at radius 2 is 1.89 bits per heavy atom. The zero-order chi connectivity index (χ0) is 13.6. The van der Waals surface area contributed by atoms with E-state index >= 15 is 0 Å². The van der Waals surface area contributed by atoms with Crippen LogP contribution in [0, 0.1) is 0 Å². The molecule has 0 radical (unpaired) electrons. The Kier molecular flexibility index (Phi) is 13.1. The smallest absolute Gasteiger partial charge is 0.0897 e. The molecule has 2 N–H and O–H groups in total. The van der Waals surface area contributed by atoms with Crippen molar-refractivity contribution in [3.05, 3.63) is 0 Å². The van der Waals surface area contributed by atoms with E-state index in [1.54, 1.807) is 7.11 Å². The van der Waals surface area contributed by atoms with Crippen LogP contribution in [0.4, 0.5) is 0 Å². The van der Waals surface area contributed by atoms with E-state index in [1.807, 2.05) is 13.8 Å². The summed E-state index contributed by atoms with van der Waals surface area (Å²) < 4.78 is 15.5. The summed E-state index contributed by atoms with van der Waals surface area (Å²) in [4.78, 5) is 0. The summed E-state index contributed by atoms with van der Waals surface area (Å²) in [6.07, 6.45) is 1.97. The quantitative estimate of drug-likeness (QED) is 0.481. The lowest BCUT2D eigenvalue weighted by Crippen LogP contribution is -2.31. The highest BCUT2D eigenvalue weighted by molar-refractivity contribution is 4.58. The molecule has 0 rings (SSSR count). The van der Waals surface area contributed by atoms with Crippen molar-refractivity contribution in [3.63, 3.8) is 0 Å². The minimum atomic E-state index is -0.450. The maximum Gasteiger partial charge on any atom is 0.0897 e. The molecule has 110 valence electrons. The number of hydrogen-bond donors (Lipinski definition) is 2. The summed E-state index contributed by atoms with van der Waals surface area (Å²) in [7, 11) is 1.63. The van der Waals surface area contributed by atoms with Crippen LogP contribution in [0.5, 0.6) is 0 Å². The second-order valence-corrected chi connectivity index (χ2v) is 4.55. The Morgan fingerprint density at radius 1 is 1.11 bits per heavy atom. The van der Waals surface area contributed by atoms with E-state index in [0.29, 0.717) is 32.5 Å². The van der Waals surface area contributed by atoms with Gasteiger partial charge in [-0.1, -0.05) is 0 Å². The van der Waals surface area contributed by atoms with E-state index < -0.39 is 6.10 Å². The van der Waals surface area contributed by atoms with Gasteiger partial charge in [0.2, 0.25) is 0 Å². The van der Waals surface area contributed by atoms with Crippen LogP contribution < -0.4 is 5.32 Å². The molecule has 0 bridgehead atoms. The fraction of sp³-hybridized carbons (Fsp3) is 1.00. The molecule has 1 unspecified atom stereocenters. The first-order valence-corrected chi connectivity index (χ1v) is 6.74. The summed E-state index contributed by atoms with van der Waals surface area (Å²) in [6, 6.07) is 0. The van der Waals surface area contributed by atoms with Crippen LogP contribution in [0.15, 0.2) is 0 Å². The lowest BCUT2D eigenvalue weighted by atomic mass is 10.3. The predicted octanol–water partition coefficient (Wildman–Crippen LogP) is 0.805. The highest BCUT2D eigenvalue weighted by Gasteiger charge is 2.03. The molecular formula is C13H29NO4. The Labute approximate surface area is 111 Å². The molecule has 0 heterocycles. The number of ether oxygens (including phenoxy) is 3. The molecule has 18 heavy (non-hydrogen) atoms. The zero-order valence-electron chi connectivity index (χ0n) is 12.0. The summed E-state index contributed by atoms with van der Waals surface area (Å²) in [5.41, 5.74) is 0. The molecule has 0 aliphatic carbocycles. The van der Waals surface area contributed by atoms with Gasteiger partial charge >= 0.3 is 0 Å². The molecule has 0 aliphatic rings. The predicted molar refractivity (Wildman–Crippen MR) is 71.9 cm³/mol. The van der Waals surface area contributed by atoms with Crippen molar-refractivity contribution in [2.75, 3.05) is 46.6 Å². The van der Waals surface area contributed by atoms with E-state index in [4.69, 9.17) is 14.2 Å². The van der Waals surface area contributed by atoms with Gasteiger partial charge in [0.1, 0.15) is 0 Å². The molecule has 0 spiro atoms. The summed E-state index contributed by atoms with van der Waals surface area (Å²) in [5, 5.41) is 12.8. The van der Waals surface area contributed by atoms with E-state index in [1.165, 1.54) is 0 Å². The van der Waals surface area contributed by atoms with Gasteiger partial charge in [-0.05, 0) is 33.2 Å². The number of methoxy groups -OCH3 is 1. The minimum absolute atomic E-state index is 0.309. The Hall–Kier alpha value is -0.200. The van der Waals surface area contributed by atoms with Gasteiger partial charge in [-0.25, -0.2) is 0 Å². The number of hydrogen-bond acceptors (Lipinski definition) is 5. The molecule has 0 aromatic carbocycles. The van der Waals surface area contributed by atoms with E-state index in [0.717, 1.165) is 26.0 Å². The fourth-order valence-corrected chi connectivity index (χ4v) is 1.36. The van der Waals surface area contributed by atoms with Crippen LogP contribution >= 0.6 is 0 Å². The fourth-order valence-electron chi connectivity index (χ4n) is 1.36. The third kappa shape index (κ3) is 13.9. The largest absolute Gasteiger partial charge is 0.389 e. The van der Waals surface area contributed by atoms with Crippen LogP contribution in [0.1, 0.15) is 26.7 Å². The van der Waals surface area contributed by atoms with Crippen molar-refractivity contribution in [3.8, 4) is 0 Å². The molecular weight excluding hydrogens is 234 g/mol. The van der Waals surface area contributed by atoms with Gasteiger partial charge in [0.05, 0.1) is 32.0 Å². The third-order valence-corrected chi connectivity index (χ3v) is 2.32. The molecule has 0 aromatic rings. The monoisotopic (exact) mass is 263 g/mol. The topological polar surface area (TPSA) is 60.0 Å². The average Bonchev–Trinajstić information content (AvgIpc) is 2.33. The first kappa shape index (κ1) is 17.8. The lowest BCUT2D eigenvalue weighted by molar-refractivity contribution is 0.0138. The molecule has 0 aromatic heterocycles. The van der Waals surface area contributed by atoms with Crippen LogP contribution in [0.2, 0.25) is 0 Å². The molecule has 0 saturated heterocycles. The zero-order valence-corrected chi connectivity index (χ0v) is 12.0. The van der Waals surface area contributed by atoms with Crippen molar-refractivity contribution in [2.45, 2.75) is 38.9 Å². The standard InChI is InChI=1S/C13H29NO4/c1-12(2)18-7-5-4-6-14-10-13(15)11-17-9-8-16-3/h12-15H,4-11H2,1-3H3. The van der Waals surface area contributed by atoms with Gasteiger partial charge in [-0.2, -0.15) is 0 Å². The molecule has 1 atom stereocenters. The maximum atomic E-state index is 9.57. The number of rotatable bonds is 13. The SMILES string of the molecule is COCCOCC(O)CNCCCCOC(C)C. The van der Waals surface area contributed by atoms with Crippen molar-refractivity contribution in [1.29, 1.82) is 0 Å². The van der Waals surface area contributed by atoms with Crippen LogP contribution in [0.3, 0.4) is 0 Å². The van der Waals surface area contributed by atoms with Crippen LogP contribution in [-0.2, 0) is 14.2 Å². The highest BCUT2D eigenvalue weighted by Crippen LogP contribution is 1.93. The molecule has 0 saturated carbocycles. The van der Waals surface area contributed by atoms with Gasteiger partial charge in [0.25, 0.3) is 0 Å². The van der Waals surface area contributed by atoms with Crippen molar-refractivity contribution < 1.29 is 19.3 Å². The molecule has 0 fully saturated rings. The second kappa shape index (κ2) is 13.2. The van der Waals surface area contributed by atoms with E-state index in [-0.39, 0.29) is 0 Å². The number of aliphatic hydroxyl groups excluding tert-OH is 1. The second-order valence-electron chi connectivity index (χ2n) is 4.55. The van der Waals surface area contributed by atoms with Gasteiger partial charge in [-0.3, -0.25) is 0 Å². The van der Waals surface area contributed by atoms with Crippen molar-refractivity contribution in [2.24, 2.45) is 0 Å². The Morgan fingerprint density at radius 3 is 2.56 bits per heavy atom. The van der Waals surface area contributed by atoms with Crippen molar-refractivity contribution >= 4 is 0 Å². The Balaban J connectivity index is 3.12. The number of unbranched alkanes of at least 4 members (excludes halogenated alkanes) is 1. The number of aliphatic hydroxyl groups is 1. The van der Waals surface area contributed by atoms with Gasteiger partial charge in [0.15, 0.2) is 0 Å². The first-order chi connectivity index (χ1) is 8.66. The summed E-state index contributed by atoms with van der Waals surface area (Å²) in [6.45, 7) is 7.80. The van der Waals surface area contributed by atoms with E-state index in [9.17, 15) is 5.11 Å². The van der Waals surface area contributed by atoms with Crippen LogP contribution in [-0.4, -0.2) is 63.9 Å². The summed E-state index contributed by atoms with van der Waals surface area (Å²) in [5.74, 6) is 0. The molecule has 5 nitrogen and oxygen atoms in total. The third-order valence-electron chi connectivity index (χ3n) is 2.32. The average molecular weight is 263 g/mol. The van der Waals surface area contributed by atoms with Gasteiger partial charge < -0.3 is 24.6 Å². The molecule has 0 amide bonds. The lowest BCUT2D eigenvalue weighted by Gasteiger charge is -2.12.